The fourth-order valence-corrected chi connectivity index (χ4v) is 4.28. The summed E-state index contributed by atoms with van der Waals surface area (Å²) in [4.78, 5) is 41.4. The predicted octanol–water partition coefficient (Wildman–Crippen LogP) is 2.88. The van der Waals surface area contributed by atoms with E-state index in [9.17, 15) is 19.5 Å². The summed E-state index contributed by atoms with van der Waals surface area (Å²) in [6, 6.07) is 10.1. The van der Waals surface area contributed by atoms with Gasteiger partial charge in [0.05, 0.1) is 23.4 Å². The van der Waals surface area contributed by atoms with E-state index in [2.05, 4.69) is 5.32 Å². The number of aliphatic hydroxyl groups excluding tert-OH is 1. The second kappa shape index (κ2) is 7.79. The molecule has 0 saturated carbocycles. The number of ketones is 2. The number of carbonyl (C=O) groups excluding carboxylic acids is 3. The number of rotatable bonds is 4. The van der Waals surface area contributed by atoms with Crippen LogP contribution in [-0.4, -0.2) is 53.2 Å². The molecule has 6 heteroatoms. The average molecular weight is 392 g/mol. The molecule has 1 atom stereocenters. The lowest BCUT2D eigenvalue weighted by atomic mass is 9.82. The maximum absolute atomic E-state index is 13.3. The third-order valence-electron chi connectivity index (χ3n) is 5.80. The van der Waals surface area contributed by atoms with Crippen molar-refractivity contribution in [1.82, 2.24) is 4.90 Å². The summed E-state index contributed by atoms with van der Waals surface area (Å²) in [6.45, 7) is 2.72. The van der Waals surface area contributed by atoms with Gasteiger partial charge in [0.1, 0.15) is 0 Å². The minimum absolute atomic E-state index is 0.121. The maximum Gasteiger partial charge on any atom is 0.256 e. The van der Waals surface area contributed by atoms with E-state index in [1.165, 1.54) is 0 Å². The first kappa shape index (κ1) is 19.3. The molecule has 150 valence electrons. The topological polar surface area (TPSA) is 86.7 Å². The molecule has 6 nitrogen and oxygen atoms in total. The fourth-order valence-electron chi connectivity index (χ4n) is 4.28. The van der Waals surface area contributed by atoms with Crippen molar-refractivity contribution in [2.45, 2.75) is 32.2 Å². The first-order valence-corrected chi connectivity index (χ1v) is 10.1. The molecule has 2 N–H and O–H groups in total. The van der Waals surface area contributed by atoms with Crippen LogP contribution >= 0.6 is 0 Å². The molecule has 0 aromatic heterocycles. The molecule has 1 aliphatic heterocycles. The van der Waals surface area contributed by atoms with Crippen molar-refractivity contribution in [3.8, 4) is 0 Å². The first-order valence-electron chi connectivity index (χ1n) is 10.1. The number of anilines is 1. The summed E-state index contributed by atoms with van der Waals surface area (Å²) in [5, 5.41) is 12.4. The van der Waals surface area contributed by atoms with Crippen LogP contribution in [-0.2, 0) is 0 Å². The van der Waals surface area contributed by atoms with E-state index in [1.54, 1.807) is 36.4 Å². The van der Waals surface area contributed by atoms with Crippen molar-refractivity contribution in [3.63, 3.8) is 0 Å². The van der Waals surface area contributed by atoms with Crippen molar-refractivity contribution >= 4 is 23.2 Å². The Balaban J connectivity index is 1.85. The second-order valence-electron chi connectivity index (χ2n) is 7.61. The van der Waals surface area contributed by atoms with Crippen molar-refractivity contribution < 1.29 is 19.5 Å². The Morgan fingerprint density at radius 2 is 1.79 bits per heavy atom. The average Bonchev–Trinajstić information content (AvgIpc) is 2.75. The summed E-state index contributed by atoms with van der Waals surface area (Å²) >= 11 is 0. The molecule has 2 aromatic carbocycles. The SMILES string of the molecule is C[C@@H]1CCCCN1C(=O)c1ccc2c(c1NCCO)C(=O)c1ccccc1C2=O. The zero-order valence-electron chi connectivity index (χ0n) is 16.4. The molecule has 1 saturated heterocycles. The van der Waals surface area contributed by atoms with E-state index < -0.39 is 0 Å². The quantitative estimate of drug-likeness (QED) is 0.713. The van der Waals surface area contributed by atoms with Crippen LogP contribution in [0.15, 0.2) is 36.4 Å². The number of likely N-dealkylation sites (tertiary alicyclic amines) is 1. The van der Waals surface area contributed by atoms with Gasteiger partial charge in [-0.15, -0.1) is 0 Å². The van der Waals surface area contributed by atoms with Crippen LogP contribution in [0.3, 0.4) is 0 Å². The lowest BCUT2D eigenvalue weighted by molar-refractivity contribution is 0.0636. The second-order valence-corrected chi connectivity index (χ2v) is 7.61. The first-order chi connectivity index (χ1) is 14.0. The number of fused-ring (bicyclic) bond motifs is 2. The summed E-state index contributed by atoms with van der Waals surface area (Å²) in [5.41, 5.74) is 1.93. The van der Waals surface area contributed by atoms with Crippen LogP contribution in [0.1, 0.15) is 68.4 Å². The van der Waals surface area contributed by atoms with Crippen molar-refractivity contribution in [2.75, 3.05) is 25.0 Å². The minimum Gasteiger partial charge on any atom is -0.395 e. The maximum atomic E-state index is 13.3. The van der Waals surface area contributed by atoms with Gasteiger partial charge in [-0.05, 0) is 38.3 Å². The Morgan fingerprint density at radius 3 is 2.48 bits per heavy atom. The number of carbonyl (C=O) groups is 3. The Labute approximate surface area is 169 Å². The predicted molar refractivity (Wildman–Crippen MR) is 110 cm³/mol. The Bertz CT molecular complexity index is 998. The van der Waals surface area contributed by atoms with Crippen LogP contribution in [0.5, 0.6) is 0 Å². The van der Waals surface area contributed by atoms with Gasteiger partial charge in [0, 0.05) is 35.8 Å². The van der Waals surface area contributed by atoms with Gasteiger partial charge >= 0.3 is 0 Å². The molecule has 0 spiro atoms. The van der Waals surface area contributed by atoms with Crippen molar-refractivity contribution in [3.05, 3.63) is 64.2 Å². The fraction of sp³-hybridized carbons (Fsp3) is 0.348. The van der Waals surface area contributed by atoms with Crippen LogP contribution in [0.4, 0.5) is 5.69 Å². The number of amides is 1. The zero-order valence-corrected chi connectivity index (χ0v) is 16.4. The molecular weight excluding hydrogens is 368 g/mol. The Hall–Kier alpha value is -2.99. The largest absolute Gasteiger partial charge is 0.395 e. The highest BCUT2D eigenvalue weighted by molar-refractivity contribution is 6.31. The molecule has 2 aromatic rings. The smallest absolute Gasteiger partial charge is 0.256 e. The van der Waals surface area contributed by atoms with E-state index in [-0.39, 0.29) is 47.8 Å². The van der Waals surface area contributed by atoms with E-state index in [4.69, 9.17) is 0 Å². The van der Waals surface area contributed by atoms with Gasteiger partial charge in [-0.3, -0.25) is 14.4 Å². The van der Waals surface area contributed by atoms with Gasteiger partial charge in [0.15, 0.2) is 11.6 Å². The highest BCUT2D eigenvalue weighted by atomic mass is 16.3. The highest BCUT2D eigenvalue weighted by Gasteiger charge is 2.35. The van der Waals surface area contributed by atoms with Crippen LogP contribution in [0.25, 0.3) is 0 Å². The number of nitrogens with one attached hydrogen (secondary N) is 1. The lowest BCUT2D eigenvalue weighted by Gasteiger charge is -2.34. The number of benzene rings is 2. The van der Waals surface area contributed by atoms with E-state index >= 15 is 0 Å². The number of aliphatic hydroxyl groups is 1. The minimum atomic E-state index is -0.281. The van der Waals surface area contributed by atoms with Crippen molar-refractivity contribution in [1.29, 1.82) is 0 Å². The normalized spacial score (nSPS) is 18.3. The van der Waals surface area contributed by atoms with E-state index in [0.717, 1.165) is 19.3 Å². The lowest BCUT2D eigenvalue weighted by Crippen LogP contribution is -2.42. The number of nitrogens with zero attached hydrogens (tertiary/aromatic N) is 1. The zero-order chi connectivity index (χ0) is 20.5. The number of hydrogen-bond acceptors (Lipinski definition) is 5. The monoisotopic (exact) mass is 392 g/mol. The van der Waals surface area contributed by atoms with Crippen LogP contribution in [0.2, 0.25) is 0 Å². The molecule has 1 amide bonds. The highest BCUT2D eigenvalue weighted by Crippen LogP contribution is 2.35. The molecule has 2 aliphatic rings. The molecule has 1 fully saturated rings. The van der Waals surface area contributed by atoms with Gasteiger partial charge in [-0.25, -0.2) is 0 Å². The molecule has 0 bridgehead atoms. The number of piperidine rings is 1. The van der Waals surface area contributed by atoms with Gasteiger partial charge < -0.3 is 15.3 Å². The molecule has 29 heavy (non-hydrogen) atoms. The molecule has 0 unspecified atom stereocenters. The molecule has 4 rings (SSSR count). The Morgan fingerprint density at radius 1 is 1.07 bits per heavy atom. The van der Waals surface area contributed by atoms with Gasteiger partial charge in [0.2, 0.25) is 0 Å². The van der Waals surface area contributed by atoms with Crippen molar-refractivity contribution in [2.24, 2.45) is 0 Å². The standard InChI is InChI=1S/C23H24N2O4/c1-14-6-4-5-12-25(14)23(29)18-10-9-17-19(20(18)24-11-13-26)22(28)16-8-3-2-7-15(16)21(17)27/h2-3,7-10,14,24,26H,4-6,11-13H2,1H3/t14-/m1/s1. The Kier molecular flexibility index (Phi) is 5.20. The number of hydrogen-bond donors (Lipinski definition) is 2. The summed E-state index contributed by atoms with van der Waals surface area (Å²) in [5.74, 6) is -0.663. The molecular formula is C23H24N2O4. The van der Waals surface area contributed by atoms with Gasteiger partial charge in [0.25, 0.3) is 5.91 Å². The van der Waals surface area contributed by atoms with E-state index in [0.29, 0.717) is 28.9 Å². The summed E-state index contributed by atoms with van der Waals surface area (Å²) in [6.07, 6.45) is 2.99. The van der Waals surface area contributed by atoms with Crippen LogP contribution in [0, 0.1) is 0 Å². The molecule has 0 radical (unpaired) electrons. The van der Waals surface area contributed by atoms with E-state index in [1.807, 2.05) is 11.8 Å². The third-order valence-corrected chi connectivity index (χ3v) is 5.80. The summed E-state index contributed by atoms with van der Waals surface area (Å²) in [7, 11) is 0. The van der Waals surface area contributed by atoms with Gasteiger partial charge in [-0.2, -0.15) is 0 Å². The third kappa shape index (κ3) is 3.23. The molecule has 1 aliphatic carbocycles. The summed E-state index contributed by atoms with van der Waals surface area (Å²) < 4.78 is 0. The van der Waals surface area contributed by atoms with Crippen LogP contribution < -0.4 is 5.32 Å². The molecule has 1 heterocycles. The van der Waals surface area contributed by atoms with Gasteiger partial charge in [-0.1, -0.05) is 24.3 Å².